The molecule has 0 aromatic heterocycles. The monoisotopic (exact) mass is 496 g/mol. The summed E-state index contributed by atoms with van der Waals surface area (Å²) in [4.78, 5) is 0. The maximum Gasteiger partial charge on any atom is 2.00 e. The molecule has 3 aromatic carbocycles. The molecule has 4 nitrogen and oxygen atoms in total. The van der Waals surface area contributed by atoms with Crippen LogP contribution in [-0.2, 0) is 34.1 Å². The van der Waals surface area contributed by atoms with Crippen molar-refractivity contribution in [1.29, 1.82) is 5.26 Å². The third-order valence-electron chi connectivity index (χ3n) is 3.83. The van der Waals surface area contributed by atoms with E-state index in [0.29, 0.717) is 11.3 Å². The van der Waals surface area contributed by atoms with E-state index in [0.717, 1.165) is 0 Å². The Bertz CT molecular complexity index is 844. The third kappa shape index (κ3) is 11.2. The van der Waals surface area contributed by atoms with Crippen LogP contribution < -0.4 is 15.2 Å². The van der Waals surface area contributed by atoms with Crippen LogP contribution in [-0.4, -0.2) is 12.1 Å². The molecule has 0 bridgehead atoms. The molecule has 0 saturated carbocycles. The van der Waals surface area contributed by atoms with Crippen molar-refractivity contribution in [1.82, 2.24) is 5.32 Å². The van der Waals surface area contributed by atoms with E-state index in [1.54, 1.807) is 43.4 Å². The van der Waals surface area contributed by atoms with Crippen molar-refractivity contribution in [2.75, 3.05) is 6.61 Å². The van der Waals surface area contributed by atoms with E-state index in [4.69, 9.17) is 4.74 Å². The molecule has 1 aliphatic rings. The zero-order valence-electron chi connectivity index (χ0n) is 17.1. The second-order valence-corrected chi connectivity index (χ2v) is 6.41. The van der Waals surface area contributed by atoms with Crippen LogP contribution in [0.5, 0.6) is 5.75 Å². The largest absolute Gasteiger partial charge is 2.00 e. The molecule has 31 heavy (non-hydrogen) atoms. The number of nitriles is 1. The van der Waals surface area contributed by atoms with Gasteiger partial charge in [0.1, 0.15) is 6.61 Å². The van der Waals surface area contributed by atoms with Crippen molar-refractivity contribution < 1.29 is 44.0 Å². The van der Waals surface area contributed by atoms with E-state index in [1.807, 2.05) is 72.8 Å². The van der Waals surface area contributed by atoms with E-state index in [9.17, 15) is 10.4 Å². The number of hydrogen-bond donors (Lipinski definition) is 1. The molecule has 0 amide bonds. The van der Waals surface area contributed by atoms with E-state index in [1.165, 1.54) is 0 Å². The first kappa shape index (κ1) is 28.2. The summed E-state index contributed by atoms with van der Waals surface area (Å²) in [5.74, 6) is 0.407. The third-order valence-corrected chi connectivity index (χ3v) is 3.83. The second kappa shape index (κ2) is 16.0. The SMILES string of the molecule is CC(C#N)(COc1cc[cH-]c1)NC([O-])=C1C=CC=C1.[Fe+2].[Fe+2].c1cc[cH-]c1.c1cc[cH-]c1. The summed E-state index contributed by atoms with van der Waals surface area (Å²) in [6.07, 6.45) is 6.95. The summed E-state index contributed by atoms with van der Waals surface area (Å²) >= 11 is 0. The number of ether oxygens (including phenoxy) is 1. The summed E-state index contributed by atoms with van der Waals surface area (Å²) in [6, 6.07) is 29.4. The Labute approximate surface area is 205 Å². The standard InChI is InChI=1S/C15H15N2O2.2C5H5.2Fe/c1-15(10-16,11-19-13-8-4-5-9-13)17-14(18)12-6-2-3-7-12;2*1-2-4-5-3-1;;/h2-9,17-18H,11H2,1H3;2*1-5H;;/q3*-1;2*+2/p-1. The van der Waals surface area contributed by atoms with Crippen LogP contribution in [0.15, 0.2) is 121 Å². The van der Waals surface area contributed by atoms with Gasteiger partial charge in [0.2, 0.25) is 0 Å². The maximum absolute atomic E-state index is 11.9. The van der Waals surface area contributed by atoms with Crippen molar-refractivity contribution in [2.24, 2.45) is 0 Å². The fourth-order valence-corrected chi connectivity index (χ4v) is 2.27. The molecule has 0 heterocycles. The molecule has 1 aliphatic carbocycles. The van der Waals surface area contributed by atoms with Crippen molar-refractivity contribution in [2.45, 2.75) is 12.5 Å². The molecule has 6 heteroatoms. The van der Waals surface area contributed by atoms with Crippen LogP contribution in [0.4, 0.5) is 0 Å². The Kier molecular flexibility index (Phi) is 14.5. The van der Waals surface area contributed by atoms with Crippen molar-refractivity contribution in [3.63, 3.8) is 0 Å². The van der Waals surface area contributed by atoms with Crippen LogP contribution in [0.3, 0.4) is 0 Å². The number of allylic oxidation sites excluding steroid dienone is 5. The maximum atomic E-state index is 11.9. The van der Waals surface area contributed by atoms with Gasteiger partial charge in [-0.1, -0.05) is 24.3 Å². The number of hydrogen-bond acceptors (Lipinski definition) is 4. The predicted octanol–water partition coefficient (Wildman–Crippen LogP) is 4.16. The van der Waals surface area contributed by atoms with Crippen molar-refractivity contribution in [3.8, 4) is 11.8 Å². The van der Waals surface area contributed by atoms with Gasteiger partial charge >= 0.3 is 34.1 Å². The van der Waals surface area contributed by atoms with E-state index >= 15 is 0 Å². The fraction of sp³-hybridized carbons (Fsp3) is 0.120. The van der Waals surface area contributed by atoms with Gasteiger partial charge in [0.15, 0.2) is 5.54 Å². The van der Waals surface area contributed by atoms with E-state index in [-0.39, 0.29) is 46.6 Å². The predicted molar refractivity (Wildman–Crippen MR) is 114 cm³/mol. The summed E-state index contributed by atoms with van der Waals surface area (Å²) in [5.41, 5.74) is -0.527. The average molecular weight is 496 g/mol. The number of nitrogens with zero attached hydrogens (tertiary/aromatic N) is 1. The minimum atomic E-state index is -1.06. The zero-order chi connectivity index (χ0) is 20.8. The van der Waals surface area contributed by atoms with Gasteiger partial charge in [0.25, 0.3) is 0 Å². The summed E-state index contributed by atoms with van der Waals surface area (Å²) in [6.45, 7) is 1.73. The minimum Gasteiger partial charge on any atom is -0.860 e. The first-order chi connectivity index (χ1) is 14.1. The Morgan fingerprint density at radius 1 is 1.00 bits per heavy atom. The molecule has 0 fully saturated rings. The van der Waals surface area contributed by atoms with Gasteiger partial charge < -0.3 is 15.2 Å². The molecule has 1 atom stereocenters. The van der Waals surface area contributed by atoms with Gasteiger partial charge in [-0.25, -0.2) is 24.3 Å². The van der Waals surface area contributed by atoms with Gasteiger partial charge in [0.05, 0.1) is 6.07 Å². The van der Waals surface area contributed by atoms with Crippen molar-refractivity contribution >= 4 is 0 Å². The molecule has 0 radical (unpaired) electrons. The quantitative estimate of drug-likeness (QED) is 0.328. The summed E-state index contributed by atoms with van der Waals surface area (Å²) < 4.78 is 5.48. The average Bonchev–Trinajstić information content (AvgIpc) is 3.58. The van der Waals surface area contributed by atoms with E-state index < -0.39 is 5.54 Å². The molecule has 3 aromatic rings. The Hall–Kier alpha value is -2.80. The van der Waals surface area contributed by atoms with Crippen LogP contribution in [0.25, 0.3) is 0 Å². The van der Waals surface area contributed by atoms with Crippen LogP contribution >= 0.6 is 0 Å². The van der Waals surface area contributed by atoms with Crippen LogP contribution in [0.2, 0.25) is 0 Å². The Balaban J connectivity index is 0.000000615. The first-order valence-corrected chi connectivity index (χ1v) is 9.26. The molecule has 1 unspecified atom stereocenters. The normalized spacial score (nSPS) is 12.3. The van der Waals surface area contributed by atoms with Crippen molar-refractivity contribution in [3.05, 3.63) is 121 Å². The molecule has 1 N–H and O–H groups in total. The molecule has 0 spiro atoms. The molecular weight excluding hydrogens is 472 g/mol. The Morgan fingerprint density at radius 3 is 1.94 bits per heavy atom. The molecule has 0 saturated heterocycles. The first-order valence-electron chi connectivity index (χ1n) is 9.26. The molecular formula is C25H24Fe2N2O2. The van der Waals surface area contributed by atoms with Gasteiger partial charge in [0, 0.05) is 0 Å². The Morgan fingerprint density at radius 2 is 1.55 bits per heavy atom. The summed E-state index contributed by atoms with van der Waals surface area (Å²) in [5, 5.41) is 23.8. The van der Waals surface area contributed by atoms with Crippen LogP contribution in [0.1, 0.15) is 6.92 Å². The van der Waals surface area contributed by atoms with Gasteiger partial charge in [-0.3, -0.25) is 0 Å². The van der Waals surface area contributed by atoms with Gasteiger partial charge in [-0.15, -0.1) is 6.07 Å². The second-order valence-electron chi connectivity index (χ2n) is 6.41. The zero-order valence-corrected chi connectivity index (χ0v) is 19.3. The molecule has 4 rings (SSSR count). The number of rotatable bonds is 5. The molecule has 0 aliphatic heterocycles. The van der Waals surface area contributed by atoms with Gasteiger partial charge in [-0.05, 0) is 24.1 Å². The topological polar surface area (TPSA) is 68.1 Å². The smallest absolute Gasteiger partial charge is 0.860 e. The summed E-state index contributed by atoms with van der Waals surface area (Å²) in [7, 11) is 0. The molecule has 162 valence electrons. The van der Waals surface area contributed by atoms with Crippen LogP contribution in [0, 0.1) is 11.3 Å². The fourth-order valence-electron chi connectivity index (χ4n) is 2.27. The van der Waals surface area contributed by atoms with Gasteiger partial charge in [-0.2, -0.15) is 59.9 Å². The van der Waals surface area contributed by atoms with E-state index in [2.05, 4.69) is 11.4 Å². The number of nitrogens with one attached hydrogen (secondary N) is 1. The minimum absolute atomic E-state index is 0.